The van der Waals surface area contributed by atoms with Crippen LogP contribution >= 0.6 is 0 Å². The molecule has 0 amide bonds. The summed E-state index contributed by atoms with van der Waals surface area (Å²) in [7, 11) is -0.299. The molecule has 1 aliphatic rings. The molecule has 3 aromatic rings. The zero-order chi connectivity index (χ0) is 25.9. The monoisotopic (exact) mass is 520 g/mol. The van der Waals surface area contributed by atoms with E-state index in [1.165, 1.54) is 22.2 Å². The predicted octanol–water partition coefficient (Wildman–Crippen LogP) is 2.89. The van der Waals surface area contributed by atoms with E-state index in [0.29, 0.717) is 25.9 Å². The van der Waals surface area contributed by atoms with E-state index in [4.69, 9.17) is 0 Å². The maximum atomic E-state index is 14.6. The van der Waals surface area contributed by atoms with Crippen LogP contribution < -0.4 is 4.90 Å². The maximum absolute atomic E-state index is 14.6. The molecule has 2 aromatic heterocycles. The third-order valence-electron chi connectivity index (χ3n) is 5.88. The molecule has 0 aliphatic carbocycles. The third kappa shape index (κ3) is 4.49. The Labute approximate surface area is 196 Å². The van der Waals surface area contributed by atoms with E-state index in [9.17, 15) is 35.5 Å². The Bertz CT molecular complexity index is 1410. The van der Waals surface area contributed by atoms with Gasteiger partial charge in [-0.2, -0.15) is 27.6 Å². The second-order valence-corrected chi connectivity index (χ2v) is 10.3. The highest BCUT2D eigenvalue weighted by Gasteiger charge is 2.38. The molecule has 4 rings (SSSR count). The summed E-state index contributed by atoms with van der Waals surface area (Å²) in [6.45, 7) is 0.705. The summed E-state index contributed by atoms with van der Waals surface area (Å²) < 4.78 is 94.7. The first-order chi connectivity index (χ1) is 16.2. The van der Waals surface area contributed by atoms with E-state index in [1.54, 1.807) is 11.9 Å². The topological polar surface area (TPSA) is 104 Å². The van der Waals surface area contributed by atoms with Gasteiger partial charge in [-0.1, -0.05) is 0 Å². The number of aryl methyl sites for hydroxylation is 1. The highest BCUT2D eigenvalue weighted by Crippen LogP contribution is 2.41. The van der Waals surface area contributed by atoms with Gasteiger partial charge in [0.1, 0.15) is 5.69 Å². The van der Waals surface area contributed by atoms with E-state index >= 15 is 0 Å². The fourth-order valence-corrected chi connectivity index (χ4v) is 5.41. The van der Waals surface area contributed by atoms with Crippen LogP contribution in [0.3, 0.4) is 0 Å². The van der Waals surface area contributed by atoms with Crippen LogP contribution in [0.15, 0.2) is 12.3 Å². The quantitative estimate of drug-likeness (QED) is 0.516. The molecule has 0 bridgehead atoms. The van der Waals surface area contributed by atoms with Crippen LogP contribution in [0, 0.1) is 11.6 Å². The smallest absolute Gasteiger partial charge is 0.419 e. The van der Waals surface area contributed by atoms with Gasteiger partial charge in [0.05, 0.1) is 17.2 Å². The Kier molecular flexibility index (Phi) is 6.12. The average Bonchev–Trinajstić information content (AvgIpc) is 3.35. The molecule has 1 saturated heterocycles. The number of phenols is 1. The lowest BCUT2D eigenvalue weighted by atomic mass is 10.0. The summed E-state index contributed by atoms with van der Waals surface area (Å²) in [6, 6.07) is -0.0417. The molecule has 1 fully saturated rings. The van der Waals surface area contributed by atoms with Crippen LogP contribution in [0.2, 0.25) is 0 Å². The largest absolute Gasteiger partial charge is 0.503 e. The number of hydrogen-bond donors (Lipinski definition) is 1. The van der Waals surface area contributed by atoms with E-state index in [-0.39, 0.29) is 34.8 Å². The van der Waals surface area contributed by atoms with E-state index in [0.717, 1.165) is 6.26 Å². The Morgan fingerprint density at radius 3 is 2.57 bits per heavy atom. The van der Waals surface area contributed by atoms with E-state index < -0.39 is 44.7 Å². The van der Waals surface area contributed by atoms with Crippen LogP contribution in [0.1, 0.15) is 18.4 Å². The molecule has 1 unspecified atom stereocenters. The molecular weight excluding hydrogens is 499 g/mol. The standard InChI is InChI=1S/C20H21F5N6O3S/c1-29(9-10-5-4-6-31(10)35(3,33)34)19-26-8-12-16(28-30(2)18(12)27-19)11-7-13(20(23,24)25)15(22)17(32)14(11)21/h7-8,10,32H,4-6,9H2,1-3H3. The average molecular weight is 520 g/mol. The summed E-state index contributed by atoms with van der Waals surface area (Å²) in [4.78, 5) is 10.2. The van der Waals surface area contributed by atoms with Gasteiger partial charge in [0, 0.05) is 45.0 Å². The van der Waals surface area contributed by atoms with Gasteiger partial charge in [-0.05, 0) is 18.9 Å². The number of sulfonamides is 1. The molecule has 15 heteroatoms. The van der Waals surface area contributed by atoms with Crippen molar-refractivity contribution in [3.05, 3.63) is 29.5 Å². The fourth-order valence-electron chi connectivity index (χ4n) is 4.24. The number of benzene rings is 1. The molecule has 0 saturated carbocycles. The second kappa shape index (κ2) is 8.55. The molecule has 1 aliphatic heterocycles. The van der Waals surface area contributed by atoms with Crippen LogP contribution in [0.5, 0.6) is 5.75 Å². The number of hydrogen-bond acceptors (Lipinski definition) is 7. The number of nitrogens with zero attached hydrogens (tertiary/aromatic N) is 6. The molecule has 0 radical (unpaired) electrons. The van der Waals surface area contributed by atoms with Crippen LogP contribution in [-0.4, -0.2) is 70.0 Å². The lowest BCUT2D eigenvalue weighted by molar-refractivity contribution is -0.140. The molecule has 1 atom stereocenters. The van der Waals surface area contributed by atoms with Crippen molar-refractivity contribution >= 4 is 27.0 Å². The van der Waals surface area contributed by atoms with Gasteiger partial charge in [-0.15, -0.1) is 0 Å². The molecule has 3 heterocycles. The molecule has 35 heavy (non-hydrogen) atoms. The molecule has 9 nitrogen and oxygen atoms in total. The van der Waals surface area contributed by atoms with Crippen molar-refractivity contribution in [1.82, 2.24) is 24.1 Å². The van der Waals surface area contributed by atoms with Crippen molar-refractivity contribution in [1.29, 1.82) is 0 Å². The molecule has 1 aromatic carbocycles. The normalized spacial score (nSPS) is 17.4. The summed E-state index contributed by atoms with van der Waals surface area (Å²) in [5, 5.41) is 13.7. The van der Waals surface area contributed by atoms with E-state index in [1.807, 2.05) is 0 Å². The number of rotatable bonds is 5. The summed E-state index contributed by atoms with van der Waals surface area (Å²) >= 11 is 0. The summed E-state index contributed by atoms with van der Waals surface area (Å²) in [5.74, 6) is -5.29. The number of aromatic hydroxyl groups is 1. The highest BCUT2D eigenvalue weighted by molar-refractivity contribution is 7.88. The van der Waals surface area contributed by atoms with E-state index in [2.05, 4.69) is 15.1 Å². The fraction of sp³-hybridized carbons (Fsp3) is 0.450. The van der Waals surface area contributed by atoms with Gasteiger partial charge in [0.15, 0.2) is 23.0 Å². The minimum Gasteiger partial charge on any atom is -0.503 e. The van der Waals surface area contributed by atoms with Crippen molar-refractivity contribution in [3.8, 4) is 17.0 Å². The Morgan fingerprint density at radius 1 is 1.26 bits per heavy atom. The number of alkyl halides is 3. The lowest BCUT2D eigenvalue weighted by Gasteiger charge is -2.27. The Balaban J connectivity index is 1.73. The van der Waals surface area contributed by atoms with Gasteiger partial charge >= 0.3 is 6.18 Å². The highest BCUT2D eigenvalue weighted by atomic mass is 32.2. The van der Waals surface area contributed by atoms with Crippen LogP contribution in [0.4, 0.5) is 27.9 Å². The SMILES string of the molecule is CN(CC1CCCN1S(C)(=O)=O)c1ncc2c(-c3cc(C(F)(F)F)c(F)c(O)c3F)nn(C)c2n1. The Hall–Kier alpha value is -3.07. The zero-order valence-corrected chi connectivity index (χ0v) is 19.6. The van der Waals surface area contributed by atoms with Crippen molar-refractivity contribution in [2.75, 3.05) is 31.3 Å². The van der Waals surface area contributed by atoms with Crippen LogP contribution in [-0.2, 0) is 23.2 Å². The van der Waals surface area contributed by atoms with Gasteiger partial charge < -0.3 is 10.0 Å². The van der Waals surface area contributed by atoms with Crippen molar-refractivity contribution in [2.24, 2.45) is 7.05 Å². The number of halogens is 5. The predicted molar refractivity (Wildman–Crippen MR) is 116 cm³/mol. The van der Waals surface area contributed by atoms with Crippen molar-refractivity contribution < 1.29 is 35.5 Å². The number of anilines is 1. The minimum atomic E-state index is -5.18. The number of phenolic OH excluding ortho intramolecular Hbond substituents is 1. The zero-order valence-electron chi connectivity index (χ0n) is 18.8. The maximum Gasteiger partial charge on any atom is 0.419 e. The number of likely N-dealkylation sites (N-methyl/N-ethyl adjacent to an activating group) is 1. The first kappa shape index (κ1) is 25.0. The van der Waals surface area contributed by atoms with Crippen molar-refractivity contribution in [2.45, 2.75) is 25.1 Å². The van der Waals surface area contributed by atoms with Crippen molar-refractivity contribution in [3.63, 3.8) is 0 Å². The van der Waals surface area contributed by atoms with Gasteiger partial charge in [0.2, 0.25) is 16.0 Å². The third-order valence-corrected chi connectivity index (χ3v) is 7.21. The second-order valence-electron chi connectivity index (χ2n) is 8.38. The van der Waals surface area contributed by atoms with Gasteiger partial charge in [-0.3, -0.25) is 0 Å². The summed E-state index contributed by atoms with van der Waals surface area (Å²) in [5.41, 5.74) is -2.77. The van der Waals surface area contributed by atoms with Crippen LogP contribution in [0.25, 0.3) is 22.3 Å². The number of aromatic nitrogens is 4. The van der Waals surface area contributed by atoms with Gasteiger partial charge in [0.25, 0.3) is 0 Å². The molecule has 0 spiro atoms. The first-order valence-electron chi connectivity index (χ1n) is 10.4. The lowest BCUT2D eigenvalue weighted by Crippen LogP contribution is -2.42. The molecular formula is C20H21F5N6O3S. The molecule has 1 N–H and O–H groups in total. The molecule has 190 valence electrons. The Morgan fingerprint density at radius 2 is 1.94 bits per heavy atom. The van der Waals surface area contributed by atoms with Gasteiger partial charge in [-0.25, -0.2) is 26.9 Å². The first-order valence-corrected chi connectivity index (χ1v) is 12.2. The minimum absolute atomic E-state index is 0.0707. The number of fused-ring (bicyclic) bond motifs is 1. The summed E-state index contributed by atoms with van der Waals surface area (Å²) in [6.07, 6.45) is -1.44.